The van der Waals surface area contributed by atoms with Gasteiger partial charge in [-0.15, -0.1) is 23.5 Å². The van der Waals surface area contributed by atoms with Crippen LogP contribution in [-0.2, 0) is 0 Å². The zero-order chi connectivity index (χ0) is 20.5. The fourth-order valence-corrected chi connectivity index (χ4v) is 5.14. The van der Waals surface area contributed by atoms with E-state index in [9.17, 15) is 0 Å². The first kappa shape index (κ1) is 19.5. The molecule has 0 radical (unpaired) electrons. The molecule has 152 valence electrons. The lowest BCUT2D eigenvalue weighted by Crippen LogP contribution is -2.28. The monoisotopic (exact) mass is 432 g/mol. The van der Waals surface area contributed by atoms with E-state index in [4.69, 9.17) is 0 Å². The van der Waals surface area contributed by atoms with Crippen molar-refractivity contribution in [3.63, 3.8) is 0 Å². The number of fused-ring (bicyclic) bond motifs is 1. The fourth-order valence-electron chi connectivity index (χ4n) is 4.32. The summed E-state index contributed by atoms with van der Waals surface area (Å²) in [7, 11) is 0. The molecule has 0 saturated carbocycles. The summed E-state index contributed by atoms with van der Waals surface area (Å²) in [6, 6.07) is 17.8. The second-order valence-corrected chi connectivity index (χ2v) is 9.28. The summed E-state index contributed by atoms with van der Waals surface area (Å²) >= 11 is 3.54. The van der Waals surface area contributed by atoms with E-state index in [2.05, 4.69) is 82.5 Å². The Labute approximate surface area is 185 Å². The molecule has 1 aromatic heterocycles. The van der Waals surface area contributed by atoms with E-state index in [1.807, 2.05) is 4.68 Å². The minimum Gasteiger partial charge on any atom is -0.324 e. The zero-order valence-electron chi connectivity index (χ0n) is 17.1. The predicted octanol–water partition coefficient (Wildman–Crippen LogP) is 6.26. The van der Waals surface area contributed by atoms with Crippen LogP contribution in [0.25, 0.3) is 6.08 Å². The Bertz CT molecular complexity index is 1110. The van der Waals surface area contributed by atoms with Crippen LogP contribution in [0.15, 0.2) is 81.5 Å². The Morgan fingerprint density at radius 1 is 0.967 bits per heavy atom. The Kier molecular flexibility index (Phi) is 5.44. The number of benzene rings is 2. The quantitative estimate of drug-likeness (QED) is 0.493. The molecule has 2 aliphatic rings. The zero-order valence-corrected chi connectivity index (χ0v) is 18.8. The number of hydrogen-bond donors (Lipinski definition) is 1. The molecule has 0 spiro atoms. The largest absolute Gasteiger partial charge is 0.324 e. The highest BCUT2D eigenvalue weighted by molar-refractivity contribution is 7.98. The Morgan fingerprint density at radius 3 is 2.37 bits per heavy atom. The molecule has 1 aliphatic heterocycles. The van der Waals surface area contributed by atoms with Crippen LogP contribution >= 0.6 is 23.5 Å². The average molecular weight is 433 g/mol. The van der Waals surface area contributed by atoms with E-state index >= 15 is 0 Å². The van der Waals surface area contributed by atoms with Gasteiger partial charge >= 0.3 is 0 Å². The van der Waals surface area contributed by atoms with Crippen molar-refractivity contribution < 1.29 is 0 Å². The SMILES string of the molecule is CSc1ccc(/C=C2\CCCC3=C2Nc2ncnn2[C@H]3c2ccc(SC)cc2)cc1. The molecular weight excluding hydrogens is 408 g/mol. The summed E-state index contributed by atoms with van der Waals surface area (Å²) in [5.74, 6) is 0.818. The third kappa shape index (κ3) is 3.59. The molecule has 2 heterocycles. The molecule has 0 saturated heterocycles. The predicted molar refractivity (Wildman–Crippen MR) is 127 cm³/mol. The van der Waals surface area contributed by atoms with Crippen molar-refractivity contribution in [1.29, 1.82) is 0 Å². The maximum absolute atomic E-state index is 4.56. The molecule has 1 aliphatic carbocycles. The Balaban J connectivity index is 1.58. The summed E-state index contributed by atoms with van der Waals surface area (Å²) in [6.07, 6.45) is 11.5. The van der Waals surface area contributed by atoms with Gasteiger partial charge in [0.25, 0.3) is 0 Å². The lowest BCUT2D eigenvalue weighted by molar-refractivity contribution is 0.538. The van der Waals surface area contributed by atoms with E-state index in [-0.39, 0.29) is 6.04 Å². The first-order chi connectivity index (χ1) is 14.8. The van der Waals surface area contributed by atoms with Crippen molar-refractivity contribution in [2.45, 2.75) is 35.1 Å². The molecule has 0 fully saturated rings. The van der Waals surface area contributed by atoms with Crippen LogP contribution in [-0.4, -0.2) is 27.3 Å². The summed E-state index contributed by atoms with van der Waals surface area (Å²) in [4.78, 5) is 7.06. The average Bonchev–Trinajstić information content (AvgIpc) is 3.27. The number of anilines is 1. The van der Waals surface area contributed by atoms with Crippen LogP contribution in [0.1, 0.15) is 36.4 Å². The van der Waals surface area contributed by atoms with Crippen LogP contribution in [0.4, 0.5) is 5.95 Å². The summed E-state index contributed by atoms with van der Waals surface area (Å²) < 4.78 is 2.03. The van der Waals surface area contributed by atoms with Gasteiger partial charge in [0.2, 0.25) is 5.95 Å². The Morgan fingerprint density at radius 2 is 1.67 bits per heavy atom. The van der Waals surface area contributed by atoms with Crippen LogP contribution < -0.4 is 5.32 Å². The minimum atomic E-state index is 0.0947. The molecule has 30 heavy (non-hydrogen) atoms. The number of nitrogens with zero attached hydrogens (tertiary/aromatic N) is 3. The van der Waals surface area contributed by atoms with Crippen LogP contribution in [0.2, 0.25) is 0 Å². The van der Waals surface area contributed by atoms with E-state index in [0.29, 0.717) is 0 Å². The molecule has 1 N–H and O–H groups in total. The molecule has 0 amide bonds. The normalized spacial score (nSPS) is 19.4. The molecule has 2 aromatic carbocycles. The second kappa shape index (κ2) is 8.36. The summed E-state index contributed by atoms with van der Waals surface area (Å²) in [5, 5.41) is 8.14. The Hall–Kier alpha value is -2.44. The van der Waals surface area contributed by atoms with Crippen molar-refractivity contribution in [2.75, 3.05) is 17.8 Å². The number of rotatable bonds is 4. The van der Waals surface area contributed by atoms with Crippen molar-refractivity contribution >= 4 is 35.5 Å². The number of nitrogens with one attached hydrogen (secondary N) is 1. The highest BCUT2D eigenvalue weighted by atomic mass is 32.2. The van der Waals surface area contributed by atoms with Gasteiger partial charge in [0.1, 0.15) is 12.4 Å². The summed E-state index contributed by atoms with van der Waals surface area (Å²) in [6.45, 7) is 0. The number of aromatic nitrogens is 3. The number of allylic oxidation sites excluding steroid dienone is 2. The lowest BCUT2D eigenvalue weighted by atomic mass is 9.83. The maximum Gasteiger partial charge on any atom is 0.226 e. The minimum absolute atomic E-state index is 0.0947. The van der Waals surface area contributed by atoms with Gasteiger partial charge in [-0.2, -0.15) is 10.1 Å². The lowest BCUT2D eigenvalue weighted by Gasteiger charge is -2.34. The van der Waals surface area contributed by atoms with Crippen molar-refractivity contribution in [2.24, 2.45) is 0 Å². The molecular formula is C24H24N4S2. The second-order valence-electron chi connectivity index (χ2n) is 7.53. The van der Waals surface area contributed by atoms with Gasteiger partial charge < -0.3 is 5.32 Å². The molecule has 1 atom stereocenters. The van der Waals surface area contributed by atoms with Gasteiger partial charge in [-0.3, -0.25) is 0 Å². The van der Waals surface area contributed by atoms with E-state index in [0.717, 1.165) is 25.2 Å². The van der Waals surface area contributed by atoms with E-state index in [1.54, 1.807) is 29.9 Å². The first-order valence-electron chi connectivity index (χ1n) is 10.2. The molecule has 0 bridgehead atoms. The smallest absolute Gasteiger partial charge is 0.226 e. The molecule has 5 rings (SSSR count). The van der Waals surface area contributed by atoms with Crippen LogP contribution in [0.3, 0.4) is 0 Å². The molecule has 3 aromatic rings. The van der Waals surface area contributed by atoms with Crippen LogP contribution in [0.5, 0.6) is 0 Å². The third-order valence-electron chi connectivity index (χ3n) is 5.81. The fraction of sp³-hybridized carbons (Fsp3) is 0.250. The van der Waals surface area contributed by atoms with Gasteiger partial charge in [0.15, 0.2) is 0 Å². The van der Waals surface area contributed by atoms with Crippen molar-refractivity contribution in [1.82, 2.24) is 14.8 Å². The summed E-state index contributed by atoms with van der Waals surface area (Å²) in [5.41, 5.74) is 6.50. The van der Waals surface area contributed by atoms with Gasteiger partial charge in [-0.1, -0.05) is 24.3 Å². The van der Waals surface area contributed by atoms with Gasteiger partial charge in [0.05, 0.1) is 0 Å². The van der Waals surface area contributed by atoms with Crippen molar-refractivity contribution in [3.8, 4) is 0 Å². The van der Waals surface area contributed by atoms with Gasteiger partial charge in [-0.05, 0) is 84.4 Å². The van der Waals surface area contributed by atoms with Crippen LogP contribution in [0, 0.1) is 0 Å². The molecule has 6 heteroatoms. The standard InChI is InChI=1S/C24H24N4S2/c1-29-19-10-6-16(7-11-19)14-18-4-3-5-21-22(18)27-24-25-15-26-28(24)23(21)17-8-12-20(30-2)13-9-17/h6-15,23H,3-5H2,1-2H3,(H,25,26,27)/b18-14+/t23-/m0/s1. The van der Waals surface area contributed by atoms with E-state index in [1.165, 1.54) is 37.8 Å². The van der Waals surface area contributed by atoms with Gasteiger partial charge in [0, 0.05) is 15.5 Å². The van der Waals surface area contributed by atoms with Crippen molar-refractivity contribution in [3.05, 3.63) is 82.8 Å². The topological polar surface area (TPSA) is 42.7 Å². The highest BCUT2D eigenvalue weighted by Crippen LogP contribution is 2.43. The maximum atomic E-state index is 4.56. The third-order valence-corrected chi connectivity index (χ3v) is 7.29. The van der Waals surface area contributed by atoms with Gasteiger partial charge in [-0.25, -0.2) is 4.68 Å². The first-order valence-corrected chi connectivity index (χ1v) is 12.6. The van der Waals surface area contributed by atoms with E-state index < -0.39 is 0 Å². The molecule has 0 unspecified atom stereocenters. The number of thioether (sulfide) groups is 2. The number of hydrogen-bond acceptors (Lipinski definition) is 5. The molecule has 4 nitrogen and oxygen atoms in total. The highest BCUT2D eigenvalue weighted by Gasteiger charge is 2.33.